The molecule has 0 aromatic heterocycles. The van der Waals surface area contributed by atoms with Crippen molar-refractivity contribution in [2.45, 2.75) is 25.7 Å². The van der Waals surface area contributed by atoms with Crippen molar-refractivity contribution >= 4 is 11.6 Å². The van der Waals surface area contributed by atoms with Crippen LogP contribution in [0.2, 0.25) is 0 Å². The molecule has 2 N–H and O–H groups in total. The fourth-order valence-corrected chi connectivity index (χ4v) is 2.74. The molecular formula is C16H25N2O3+. The highest BCUT2D eigenvalue weighted by atomic mass is 16.5. The van der Waals surface area contributed by atoms with Crippen LogP contribution in [0.5, 0.6) is 11.5 Å². The smallest absolute Gasteiger partial charge is 0.279 e. The molecule has 0 spiro atoms. The molecule has 1 aromatic carbocycles. The fourth-order valence-electron chi connectivity index (χ4n) is 2.74. The van der Waals surface area contributed by atoms with E-state index in [1.165, 1.54) is 30.6 Å². The molecule has 0 aliphatic carbocycles. The lowest BCUT2D eigenvalue weighted by molar-refractivity contribution is -0.890. The van der Waals surface area contributed by atoms with Crippen LogP contribution in [-0.2, 0) is 4.79 Å². The molecule has 0 saturated carbocycles. The Morgan fingerprint density at radius 1 is 1.14 bits per heavy atom. The average Bonchev–Trinajstić information content (AvgIpc) is 2.75. The molecule has 1 aliphatic heterocycles. The number of methoxy groups -OCH3 is 2. The number of hydrogen-bond acceptors (Lipinski definition) is 3. The summed E-state index contributed by atoms with van der Waals surface area (Å²) in [5.74, 6) is 1.38. The van der Waals surface area contributed by atoms with Crippen LogP contribution >= 0.6 is 0 Å². The van der Waals surface area contributed by atoms with Gasteiger partial charge < -0.3 is 19.7 Å². The van der Waals surface area contributed by atoms with Crippen LogP contribution in [0.1, 0.15) is 25.7 Å². The summed E-state index contributed by atoms with van der Waals surface area (Å²) in [6.07, 6.45) is 5.00. The first kappa shape index (κ1) is 15.6. The molecule has 1 aromatic rings. The van der Waals surface area contributed by atoms with Gasteiger partial charge in [0.05, 0.1) is 33.0 Å². The van der Waals surface area contributed by atoms with Crippen LogP contribution in [-0.4, -0.2) is 39.8 Å². The van der Waals surface area contributed by atoms with E-state index in [1.54, 1.807) is 26.4 Å². The normalized spacial score (nSPS) is 16.1. The number of carbonyl (C=O) groups is 1. The molecule has 1 fully saturated rings. The van der Waals surface area contributed by atoms with E-state index >= 15 is 0 Å². The minimum absolute atomic E-state index is 0.0263. The summed E-state index contributed by atoms with van der Waals surface area (Å²) in [5.41, 5.74) is 0.663. The number of quaternary nitrogens is 1. The molecule has 1 aliphatic rings. The number of carbonyl (C=O) groups excluding carboxylic acids is 1. The maximum Gasteiger partial charge on any atom is 0.279 e. The van der Waals surface area contributed by atoms with Crippen molar-refractivity contribution in [1.82, 2.24) is 0 Å². The third kappa shape index (κ3) is 4.63. The minimum Gasteiger partial charge on any atom is -0.497 e. The van der Waals surface area contributed by atoms with Gasteiger partial charge in [-0.2, -0.15) is 0 Å². The van der Waals surface area contributed by atoms with Crippen molar-refractivity contribution in [3.8, 4) is 11.5 Å². The number of likely N-dealkylation sites (tertiary alicyclic amines) is 1. The van der Waals surface area contributed by atoms with Crippen LogP contribution < -0.4 is 19.7 Å². The lowest BCUT2D eigenvalue weighted by atomic mass is 10.2. The van der Waals surface area contributed by atoms with Crippen LogP contribution in [0.25, 0.3) is 0 Å². The van der Waals surface area contributed by atoms with Gasteiger partial charge in [0, 0.05) is 6.07 Å². The van der Waals surface area contributed by atoms with E-state index in [-0.39, 0.29) is 5.91 Å². The number of benzene rings is 1. The van der Waals surface area contributed by atoms with E-state index in [0.29, 0.717) is 23.7 Å². The molecule has 0 radical (unpaired) electrons. The van der Waals surface area contributed by atoms with Crippen molar-refractivity contribution < 1.29 is 19.2 Å². The van der Waals surface area contributed by atoms with Crippen LogP contribution in [0, 0.1) is 0 Å². The summed E-state index contributed by atoms with van der Waals surface area (Å²) in [4.78, 5) is 13.6. The van der Waals surface area contributed by atoms with Crippen molar-refractivity contribution in [2.75, 3.05) is 39.2 Å². The van der Waals surface area contributed by atoms with E-state index in [4.69, 9.17) is 9.47 Å². The van der Waals surface area contributed by atoms with Gasteiger partial charge in [-0.3, -0.25) is 4.79 Å². The fraction of sp³-hybridized carbons (Fsp3) is 0.562. The maximum atomic E-state index is 12.2. The molecule has 0 bridgehead atoms. The topological polar surface area (TPSA) is 52.0 Å². The molecular weight excluding hydrogens is 268 g/mol. The predicted octanol–water partition coefficient (Wildman–Crippen LogP) is 1.10. The lowest BCUT2D eigenvalue weighted by Crippen LogP contribution is -3.12. The van der Waals surface area contributed by atoms with Gasteiger partial charge in [-0.15, -0.1) is 0 Å². The maximum absolute atomic E-state index is 12.2. The second-order valence-corrected chi connectivity index (χ2v) is 5.46. The Morgan fingerprint density at radius 2 is 1.86 bits per heavy atom. The number of rotatable bonds is 5. The Hall–Kier alpha value is -1.75. The Labute approximate surface area is 126 Å². The minimum atomic E-state index is 0.0263. The van der Waals surface area contributed by atoms with Gasteiger partial charge in [0.2, 0.25) is 0 Å². The second-order valence-electron chi connectivity index (χ2n) is 5.46. The molecule has 0 atom stereocenters. The average molecular weight is 293 g/mol. The molecule has 21 heavy (non-hydrogen) atoms. The molecule has 2 rings (SSSR count). The van der Waals surface area contributed by atoms with E-state index in [0.717, 1.165) is 13.1 Å². The second kappa shape index (κ2) is 7.88. The summed E-state index contributed by atoms with van der Waals surface area (Å²) in [5, 5.41) is 2.94. The van der Waals surface area contributed by atoms with Gasteiger partial charge in [0.1, 0.15) is 11.5 Å². The first-order chi connectivity index (χ1) is 10.2. The summed E-state index contributed by atoms with van der Waals surface area (Å²) >= 11 is 0. The number of amides is 1. The molecule has 116 valence electrons. The quantitative estimate of drug-likeness (QED) is 0.855. The Morgan fingerprint density at radius 3 is 2.48 bits per heavy atom. The number of nitrogens with one attached hydrogen (secondary N) is 2. The van der Waals surface area contributed by atoms with Gasteiger partial charge in [-0.05, 0) is 37.8 Å². The van der Waals surface area contributed by atoms with Crippen LogP contribution in [0.3, 0.4) is 0 Å². The van der Waals surface area contributed by atoms with Gasteiger partial charge in [0.15, 0.2) is 6.54 Å². The van der Waals surface area contributed by atoms with E-state index in [1.807, 2.05) is 6.07 Å². The highest BCUT2D eigenvalue weighted by Crippen LogP contribution is 2.28. The first-order valence-electron chi connectivity index (χ1n) is 7.58. The van der Waals surface area contributed by atoms with Gasteiger partial charge >= 0.3 is 0 Å². The van der Waals surface area contributed by atoms with Crippen LogP contribution in [0.4, 0.5) is 5.69 Å². The van der Waals surface area contributed by atoms with Crippen molar-refractivity contribution in [3.63, 3.8) is 0 Å². The zero-order valence-corrected chi connectivity index (χ0v) is 12.9. The highest BCUT2D eigenvalue weighted by molar-refractivity contribution is 5.93. The predicted molar refractivity (Wildman–Crippen MR) is 82.2 cm³/mol. The number of ether oxygens (including phenoxy) is 2. The molecule has 5 nitrogen and oxygen atoms in total. The number of anilines is 1. The van der Waals surface area contributed by atoms with Gasteiger partial charge in [-0.1, -0.05) is 0 Å². The largest absolute Gasteiger partial charge is 0.497 e. The van der Waals surface area contributed by atoms with E-state index in [9.17, 15) is 4.79 Å². The third-order valence-electron chi connectivity index (χ3n) is 3.90. The first-order valence-corrected chi connectivity index (χ1v) is 7.58. The van der Waals surface area contributed by atoms with Gasteiger partial charge in [-0.25, -0.2) is 0 Å². The zero-order chi connectivity index (χ0) is 15.1. The van der Waals surface area contributed by atoms with Gasteiger partial charge in [0.25, 0.3) is 5.91 Å². The molecule has 1 amide bonds. The molecule has 5 heteroatoms. The Bertz CT molecular complexity index is 469. The van der Waals surface area contributed by atoms with Crippen molar-refractivity contribution in [3.05, 3.63) is 18.2 Å². The van der Waals surface area contributed by atoms with E-state index in [2.05, 4.69) is 5.32 Å². The SMILES string of the molecule is COc1ccc(OC)c(NC(=O)C[NH+]2CCCCCC2)c1. The molecule has 1 saturated heterocycles. The lowest BCUT2D eigenvalue weighted by Gasteiger charge is -2.17. The van der Waals surface area contributed by atoms with Crippen LogP contribution in [0.15, 0.2) is 18.2 Å². The van der Waals surface area contributed by atoms with Crippen molar-refractivity contribution in [2.24, 2.45) is 0 Å². The summed E-state index contributed by atoms with van der Waals surface area (Å²) in [6.45, 7) is 2.69. The van der Waals surface area contributed by atoms with E-state index < -0.39 is 0 Å². The summed E-state index contributed by atoms with van der Waals surface area (Å²) < 4.78 is 10.5. The monoisotopic (exact) mass is 293 g/mol. The van der Waals surface area contributed by atoms with Crippen molar-refractivity contribution in [1.29, 1.82) is 0 Å². The Kier molecular flexibility index (Phi) is 5.87. The summed E-state index contributed by atoms with van der Waals surface area (Å²) in [7, 11) is 3.20. The third-order valence-corrected chi connectivity index (χ3v) is 3.90. The zero-order valence-electron chi connectivity index (χ0n) is 12.9. The highest BCUT2D eigenvalue weighted by Gasteiger charge is 2.17. The standard InChI is InChI=1S/C16H24N2O3/c1-20-13-7-8-15(21-2)14(11-13)17-16(19)12-18-9-5-3-4-6-10-18/h7-8,11H,3-6,9-10,12H2,1-2H3,(H,17,19)/p+1. The number of hydrogen-bond donors (Lipinski definition) is 2. The molecule has 1 heterocycles. The molecule has 0 unspecified atom stereocenters. The summed E-state index contributed by atoms with van der Waals surface area (Å²) in [6, 6.07) is 5.40. The Balaban J connectivity index is 1.97.